The van der Waals surface area contributed by atoms with E-state index in [9.17, 15) is 0 Å². The molecule has 4 aliphatic carbocycles. The second kappa shape index (κ2) is 8.94. The summed E-state index contributed by atoms with van der Waals surface area (Å²) in [5.74, 6) is 5.99. The van der Waals surface area contributed by atoms with Crippen LogP contribution in [0.4, 0.5) is 0 Å². The third-order valence-corrected chi connectivity index (χ3v) is 11.5. The van der Waals surface area contributed by atoms with Crippen molar-refractivity contribution in [3.05, 3.63) is 0 Å². The molecule has 0 amide bonds. The van der Waals surface area contributed by atoms with Crippen LogP contribution in [0.5, 0.6) is 0 Å². The predicted molar refractivity (Wildman–Crippen MR) is 133 cm³/mol. The van der Waals surface area contributed by atoms with E-state index in [0.29, 0.717) is 10.8 Å². The van der Waals surface area contributed by atoms with E-state index in [0.717, 1.165) is 46.1 Å². The zero-order valence-electron chi connectivity index (χ0n) is 22.2. The smallest absolute Gasteiger partial charge is 0.0955 e. The summed E-state index contributed by atoms with van der Waals surface area (Å²) in [5, 5.41) is 0. The van der Waals surface area contributed by atoms with E-state index < -0.39 is 0 Å². The van der Waals surface area contributed by atoms with Gasteiger partial charge in [-0.25, -0.2) is 0 Å². The normalized spacial score (nSPS) is 46.2. The van der Waals surface area contributed by atoms with E-state index in [1.54, 1.807) is 12.8 Å². The van der Waals surface area contributed by atoms with Crippen molar-refractivity contribution >= 4 is 0 Å². The molecule has 4 aliphatic rings. The zero-order valence-corrected chi connectivity index (χ0v) is 22.2. The third kappa shape index (κ3) is 4.27. The van der Waals surface area contributed by atoms with Gasteiger partial charge in [-0.05, 0) is 111 Å². The molecule has 0 saturated heterocycles. The minimum atomic E-state index is 0.622. The number of hydrogen-bond donors (Lipinski definition) is 1. The number of quaternary nitrogens is 1. The van der Waals surface area contributed by atoms with Gasteiger partial charge in [0.25, 0.3) is 0 Å². The molecule has 4 rings (SSSR count). The Morgan fingerprint density at radius 3 is 2.29 bits per heavy atom. The summed E-state index contributed by atoms with van der Waals surface area (Å²) in [6.07, 6.45) is 17.6. The highest BCUT2D eigenvalue weighted by Crippen LogP contribution is 2.68. The molecule has 2 nitrogen and oxygen atoms in total. The lowest BCUT2D eigenvalue weighted by Crippen LogP contribution is -2.60. The zero-order chi connectivity index (χ0) is 22.4. The van der Waals surface area contributed by atoms with Crippen LogP contribution in [-0.4, -0.2) is 31.3 Å². The van der Waals surface area contributed by atoms with Crippen LogP contribution in [0.1, 0.15) is 112 Å². The largest absolute Gasteiger partial charge is 0.250 e. The molecule has 2 heteroatoms. The fraction of sp³-hybridized carbons (Fsp3) is 1.00. The number of nitrogens with one attached hydrogen (secondary N) is 1. The Morgan fingerprint density at radius 2 is 1.58 bits per heavy atom. The molecule has 0 aromatic rings. The monoisotopic (exact) mass is 431 g/mol. The van der Waals surface area contributed by atoms with Crippen molar-refractivity contribution < 1.29 is 4.59 Å². The molecular weight excluding hydrogens is 376 g/mol. The molecule has 4 fully saturated rings. The summed E-state index contributed by atoms with van der Waals surface area (Å²) in [5.41, 5.74) is 5.30. The van der Waals surface area contributed by atoms with Gasteiger partial charge >= 0.3 is 0 Å². The molecule has 0 aliphatic heterocycles. The SMILES string of the molecule is CCC[C@@H](C)[C@H]1CCC2C3CCC4CC(N[N+](C)(C)CCC)CC[C@]4(C)C3CC[C@@]21C. The Balaban J connectivity index is 1.45. The van der Waals surface area contributed by atoms with Gasteiger partial charge in [-0.2, -0.15) is 5.43 Å². The first kappa shape index (κ1) is 24.1. The van der Waals surface area contributed by atoms with Crippen molar-refractivity contribution in [2.24, 2.45) is 46.3 Å². The first-order valence-corrected chi connectivity index (χ1v) is 14.3. The molecule has 0 aromatic carbocycles. The van der Waals surface area contributed by atoms with Gasteiger partial charge in [0.05, 0.1) is 26.7 Å². The molecular formula is C29H55N2+. The number of nitrogens with zero attached hydrogens (tertiary/aromatic N) is 1. The first-order chi connectivity index (χ1) is 14.6. The van der Waals surface area contributed by atoms with Crippen molar-refractivity contribution in [2.75, 3.05) is 20.6 Å². The maximum absolute atomic E-state index is 4.03. The molecule has 0 bridgehead atoms. The van der Waals surface area contributed by atoms with Crippen LogP contribution in [-0.2, 0) is 0 Å². The standard InChI is InChI=1S/C29H55N2/c1-8-10-21(3)25-13-14-26-24-12-11-22-20-23(30-31(6,7)19-9-2)15-17-28(22,4)27(24)16-18-29(25,26)5/h21-27,30H,8-20H2,1-7H3/q+1/t21-,22?,23?,24?,25-,26?,27?,28+,29-/m1/s1. The summed E-state index contributed by atoms with van der Waals surface area (Å²) in [7, 11) is 4.73. The Morgan fingerprint density at radius 1 is 0.871 bits per heavy atom. The van der Waals surface area contributed by atoms with Crippen molar-refractivity contribution in [1.29, 1.82) is 0 Å². The van der Waals surface area contributed by atoms with Gasteiger partial charge in [0, 0.05) is 0 Å². The Hall–Kier alpha value is -0.0800. The molecule has 31 heavy (non-hydrogen) atoms. The van der Waals surface area contributed by atoms with Crippen LogP contribution in [0.15, 0.2) is 0 Å². The lowest BCUT2D eigenvalue weighted by molar-refractivity contribution is -0.937. The molecule has 180 valence electrons. The average molecular weight is 432 g/mol. The van der Waals surface area contributed by atoms with Crippen molar-refractivity contribution in [3.8, 4) is 0 Å². The molecule has 0 aromatic heterocycles. The topological polar surface area (TPSA) is 12.0 Å². The predicted octanol–water partition coefficient (Wildman–Crippen LogP) is 7.44. The Bertz CT molecular complexity index is 614. The fourth-order valence-corrected chi connectivity index (χ4v) is 10.1. The Labute approximate surface area is 194 Å². The molecule has 4 saturated carbocycles. The lowest BCUT2D eigenvalue weighted by Gasteiger charge is -2.61. The second-order valence-corrected chi connectivity index (χ2v) is 13.7. The van der Waals surface area contributed by atoms with Gasteiger partial charge in [0.2, 0.25) is 0 Å². The van der Waals surface area contributed by atoms with Gasteiger partial charge in [0.15, 0.2) is 0 Å². The van der Waals surface area contributed by atoms with Gasteiger partial charge < -0.3 is 0 Å². The summed E-state index contributed by atoms with van der Waals surface area (Å²) >= 11 is 0. The van der Waals surface area contributed by atoms with Gasteiger partial charge in [0.1, 0.15) is 0 Å². The quantitative estimate of drug-likeness (QED) is 0.326. The minimum absolute atomic E-state index is 0.622. The van der Waals surface area contributed by atoms with Crippen LogP contribution >= 0.6 is 0 Å². The van der Waals surface area contributed by atoms with Crippen molar-refractivity contribution in [2.45, 2.75) is 118 Å². The first-order valence-electron chi connectivity index (χ1n) is 14.3. The molecule has 5 unspecified atom stereocenters. The molecule has 0 heterocycles. The second-order valence-electron chi connectivity index (χ2n) is 13.7. The van der Waals surface area contributed by atoms with Crippen LogP contribution in [0.3, 0.4) is 0 Å². The lowest BCUT2D eigenvalue weighted by atomic mass is 9.44. The molecule has 9 atom stereocenters. The summed E-state index contributed by atoms with van der Waals surface area (Å²) in [6, 6.07) is 0.732. The molecule has 0 radical (unpaired) electrons. The van der Waals surface area contributed by atoms with Crippen LogP contribution in [0.25, 0.3) is 0 Å². The molecule has 0 spiro atoms. The van der Waals surface area contributed by atoms with Crippen LogP contribution in [0, 0.1) is 46.3 Å². The van der Waals surface area contributed by atoms with Crippen molar-refractivity contribution in [3.63, 3.8) is 0 Å². The summed E-state index contributed by atoms with van der Waals surface area (Å²) < 4.78 is 0.994. The van der Waals surface area contributed by atoms with E-state index >= 15 is 0 Å². The number of rotatable bonds is 7. The average Bonchev–Trinajstić information content (AvgIpc) is 3.05. The van der Waals surface area contributed by atoms with Gasteiger partial charge in [-0.3, -0.25) is 4.59 Å². The number of fused-ring (bicyclic) bond motifs is 5. The minimum Gasteiger partial charge on any atom is -0.250 e. The molecule has 1 N–H and O–H groups in total. The van der Waals surface area contributed by atoms with E-state index in [1.165, 1.54) is 70.8 Å². The maximum Gasteiger partial charge on any atom is 0.0955 e. The van der Waals surface area contributed by atoms with E-state index in [4.69, 9.17) is 0 Å². The van der Waals surface area contributed by atoms with E-state index in [1.807, 2.05) is 0 Å². The van der Waals surface area contributed by atoms with Gasteiger partial charge in [-0.1, -0.05) is 47.5 Å². The van der Waals surface area contributed by atoms with Crippen LogP contribution in [0.2, 0.25) is 0 Å². The highest BCUT2D eigenvalue weighted by Gasteiger charge is 2.60. The third-order valence-electron chi connectivity index (χ3n) is 11.5. The maximum atomic E-state index is 4.03. The number of hydrogen-bond acceptors (Lipinski definition) is 1. The summed E-state index contributed by atoms with van der Waals surface area (Å²) in [6.45, 7) is 14.0. The highest BCUT2D eigenvalue weighted by molar-refractivity contribution is 5.10. The van der Waals surface area contributed by atoms with E-state index in [-0.39, 0.29) is 0 Å². The van der Waals surface area contributed by atoms with Gasteiger partial charge in [-0.15, -0.1) is 0 Å². The van der Waals surface area contributed by atoms with Crippen LogP contribution < -0.4 is 5.43 Å². The Kier molecular flexibility index (Phi) is 6.93. The fourth-order valence-electron chi connectivity index (χ4n) is 10.1. The summed E-state index contributed by atoms with van der Waals surface area (Å²) in [4.78, 5) is 0. The van der Waals surface area contributed by atoms with E-state index in [2.05, 4.69) is 54.1 Å². The van der Waals surface area contributed by atoms with Crippen molar-refractivity contribution in [1.82, 2.24) is 5.43 Å². The highest BCUT2D eigenvalue weighted by atomic mass is 15.6.